The number of aromatic nitrogens is 3. The molecule has 23 heavy (non-hydrogen) atoms. The van der Waals surface area contributed by atoms with Crippen LogP contribution in [0.5, 0.6) is 0 Å². The minimum atomic E-state index is -0.0346. The number of amides is 1. The molecule has 7 nitrogen and oxygen atoms in total. The number of hydrogen-bond acceptors (Lipinski definition) is 7. The molecule has 2 aromatic heterocycles. The molecule has 1 N–H and O–H groups in total. The van der Waals surface area contributed by atoms with Gasteiger partial charge < -0.3 is 15.0 Å². The second-order valence-corrected chi connectivity index (χ2v) is 6.04. The van der Waals surface area contributed by atoms with E-state index < -0.39 is 0 Å². The van der Waals surface area contributed by atoms with Gasteiger partial charge in [-0.2, -0.15) is 0 Å². The first-order valence-electron chi connectivity index (χ1n) is 7.46. The Bertz CT molecular complexity index is 677. The van der Waals surface area contributed by atoms with E-state index in [4.69, 9.17) is 4.74 Å². The lowest BCUT2D eigenvalue weighted by Gasteiger charge is -2.40. The summed E-state index contributed by atoms with van der Waals surface area (Å²) in [4.78, 5) is 27.2. The summed E-state index contributed by atoms with van der Waals surface area (Å²) in [5, 5.41) is 4.99. The van der Waals surface area contributed by atoms with Crippen molar-refractivity contribution in [2.24, 2.45) is 0 Å². The van der Waals surface area contributed by atoms with Gasteiger partial charge >= 0.3 is 0 Å². The molecule has 3 heterocycles. The Labute approximate surface area is 138 Å². The van der Waals surface area contributed by atoms with E-state index in [0.717, 1.165) is 24.5 Å². The van der Waals surface area contributed by atoms with Gasteiger partial charge in [0.2, 0.25) is 0 Å². The van der Waals surface area contributed by atoms with Crippen LogP contribution in [-0.4, -0.2) is 52.6 Å². The van der Waals surface area contributed by atoms with Crippen LogP contribution >= 0.6 is 11.3 Å². The molecule has 0 bridgehead atoms. The summed E-state index contributed by atoms with van der Waals surface area (Å²) in [6.07, 6.45) is 0.907. The van der Waals surface area contributed by atoms with Crippen LogP contribution in [0.1, 0.15) is 34.5 Å². The van der Waals surface area contributed by atoms with Crippen molar-refractivity contribution >= 4 is 23.1 Å². The number of aryl methyl sites for hydroxylation is 1. The number of nitrogens with zero attached hydrogens (tertiary/aromatic N) is 4. The van der Waals surface area contributed by atoms with Crippen molar-refractivity contribution in [3.8, 4) is 0 Å². The molecule has 0 saturated carbocycles. The van der Waals surface area contributed by atoms with E-state index in [2.05, 4.69) is 20.3 Å². The van der Waals surface area contributed by atoms with Gasteiger partial charge in [0, 0.05) is 31.6 Å². The highest BCUT2D eigenvalue weighted by Gasteiger charge is 2.35. The van der Waals surface area contributed by atoms with Gasteiger partial charge in [0.1, 0.15) is 17.3 Å². The van der Waals surface area contributed by atoms with Gasteiger partial charge in [0.25, 0.3) is 5.91 Å². The van der Waals surface area contributed by atoms with E-state index >= 15 is 0 Å². The Morgan fingerprint density at radius 2 is 2.39 bits per heavy atom. The Hall–Kier alpha value is -2.06. The predicted octanol–water partition coefficient (Wildman–Crippen LogP) is 1.89. The lowest BCUT2D eigenvalue weighted by Crippen LogP contribution is -2.45. The first-order chi connectivity index (χ1) is 11.2. The van der Waals surface area contributed by atoms with Gasteiger partial charge in [-0.25, -0.2) is 15.0 Å². The second kappa shape index (κ2) is 7.01. The molecule has 0 aromatic carbocycles. The van der Waals surface area contributed by atoms with Crippen LogP contribution in [0.25, 0.3) is 0 Å². The van der Waals surface area contributed by atoms with Crippen molar-refractivity contribution in [3.63, 3.8) is 0 Å². The number of hydrogen-bond donors (Lipinski definition) is 1. The molecule has 122 valence electrons. The Morgan fingerprint density at radius 3 is 3.04 bits per heavy atom. The van der Waals surface area contributed by atoms with Crippen molar-refractivity contribution < 1.29 is 9.53 Å². The van der Waals surface area contributed by atoms with Gasteiger partial charge in [-0.05, 0) is 13.3 Å². The lowest BCUT2D eigenvalue weighted by molar-refractivity contribution is 0.0445. The zero-order chi connectivity index (χ0) is 16.2. The molecular formula is C15H19N5O2S. The summed E-state index contributed by atoms with van der Waals surface area (Å²) in [7, 11) is 1.66. The van der Waals surface area contributed by atoms with Gasteiger partial charge in [0.15, 0.2) is 0 Å². The number of likely N-dealkylation sites (tertiary alicyclic amines) is 1. The summed E-state index contributed by atoms with van der Waals surface area (Å²) in [5.74, 6) is 1.42. The van der Waals surface area contributed by atoms with Crippen molar-refractivity contribution in [2.45, 2.75) is 19.4 Å². The lowest BCUT2D eigenvalue weighted by atomic mass is 9.98. The largest absolute Gasteiger partial charge is 0.383 e. The number of carbonyl (C=O) groups is 1. The van der Waals surface area contributed by atoms with Crippen LogP contribution < -0.4 is 5.32 Å². The first kappa shape index (κ1) is 15.8. The Balaban J connectivity index is 1.74. The van der Waals surface area contributed by atoms with E-state index in [0.29, 0.717) is 24.7 Å². The second-order valence-electron chi connectivity index (χ2n) is 5.32. The molecule has 3 rings (SSSR count). The third-order valence-corrected chi connectivity index (χ3v) is 4.33. The quantitative estimate of drug-likeness (QED) is 0.813. The number of rotatable bonds is 6. The standard InChI is InChI=1S/C15H19N5O2S/c1-10-18-11(7-14(19-10)16-4-6-22-2)13-3-5-20(13)15(21)12-8-23-9-17-12/h7-9,13H,3-6H2,1-2H3,(H,16,18,19)/t13-/m0/s1. The summed E-state index contributed by atoms with van der Waals surface area (Å²) in [6.45, 7) is 3.88. The van der Waals surface area contributed by atoms with E-state index in [1.807, 2.05) is 17.9 Å². The average Bonchev–Trinajstić information content (AvgIpc) is 3.00. The number of carbonyl (C=O) groups excluding carboxylic acids is 1. The van der Waals surface area contributed by atoms with E-state index in [1.165, 1.54) is 11.3 Å². The molecule has 1 aliphatic heterocycles. The monoisotopic (exact) mass is 333 g/mol. The molecule has 1 atom stereocenters. The van der Waals surface area contributed by atoms with Crippen molar-refractivity contribution in [2.75, 3.05) is 32.1 Å². The predicted molar refractivity (Wildman–Crippen MR) is 87.6 cm³/mol. The molecule has 0 unspecified atom stereocenters. The molecule has 2 aromatic rings. The highest BCUT2D eigenvalue weighted by Crippen LogP contribution is 2.34. The zero-order valence-corrected chi connectivity index (χ0v) is 14.0. The average molecular weight is 333 g/mol. The Kier molecular flexibility index (Phi) is 4.82. The van der Waals surface area contributed by atoms with Gasteiger partial charge in [-0.15, -0.1) is 11.3 Å². The van der Waals surface area contributed by atoms with Crippen LogP contribution in [0.15, 0.2) is 17.0 Å². The fourth-order valence-electron chi connectivity index (χ4n) is 2.54. The molecule has 8 heteroatoms. The van der Waals surface area contributed by atoms with Gasteiger partial charge in [0.05, 0.1) is 23.9 Å². The third kappa shape index (κ3) is 3.48. The van der Waals surface area contributed by atoms with Crippen LogP contribution in [-0.2, 0) is 4.74 Å². The number of methoxy groups -OCH3 is 1. The Morgan fingerprint density at radius 1 is 1.52 bits per heavy atom. The number of ether oxygens (including phenoxy) is 1. The molecule has 1 amide bonds. The van der Waals surface area contributed by atoms with Gasteiger partial charge in [-0.3, -0.25) is 4.79 Å². The number of anilines is 1. The van der Waals surface area contributed by atoms with E-state index in [9.17, 15) is 4.79 Å². The fraction of sp³-hybridized carbons (Fsp3) is 0.467. The fourth-order valence-corrected chi connectivity index (χ4v) is 3.06. The summed E-state index contributed by atoms with van der Waals surface area (Å²) >= 11 is 1.43. The van der Waals surface area contributed by atoms with Crippen LogP contribution in [0.3, 0.4) is 0 Å². The van der Waals surface area contributed by atoms with Crippen LogP contribution in [0, 0.1) is 6.92 Å². The highest BCUT2D eigenvalue weighted by atomic mass is 32.1. The smallest absolute Gasteiger partial charge is 0.273 e. The van der Waals surface area contributed by atoms with Crippen molar-refractivity contribution in [1.82, 2.24) is 19.9 Å². The minimum Gasteiger partial charge on any atom is -0.383 e. The normalized spacial score (nSPS) is 17.0. The minimum absolute atomic E-state index is 0.00567. The van der Waals surface area contributed by atoms with Crippen molar-refractivity contribution in [3.05, 3.63) is 34.2 Å². The van der Waals surface area contributed by atoms with Gasteiger partial charge in [-0.1, -0.05) is 0 Å². The number of nitrogens with one attached hydrogen (secondary N) is 1. The van der Waals surface area contributed by atoms with E-state index in [-0.39, 0.29) is 11.9 Å². The molecule has 0 spiro atoms. The molecule has 0 radical (unpaired) electrons. The molecule has 1 fully saturated rings. The highest BCUT2D eigenvalue weighted by molar-refractivity contribution is 7.07. The maximum absolute atomic E-state index is 12.4. The molecule has 1 aliphatic rings. The zero-order valence-electron chi connectivity index (χ0n) is 13.2. The SMILES string of the molecule is COCCNc1cc([C@@H]2CCN2C(=O)c2cscn2)nc(C)n1. The number of thiazole rings is 1. The maximum atomic E-state index is 12.4. The topological polar surface area (TPSA) is 80.2 Å². The van der Waals surface area contributed by atoms with Crippen LogP contribution in [0.2, 0.25) is 0 Å². The third-order valence-electron chi connectivity index (χ3n) is 3.74. The summed E-state index contributed by atoms with van der Waals surface area (Å²) < 4.78 is 5.03. The molecule has 1 saturated heterocycles. The first-order valence-corrected chi connectivity index (χ1v) is 8.41. The molecular weight excluding hydrogens is 314 g/mol. The summed E-state index contributed by atoms with van der Waals surface area (Å²) in [5.41, 5.74) is 3.05. The maximum Gasteiger partial charge on any atom is 0.273 e. The van der Waals surface area contributed by atoms with Crippen molar-refractivity contribution in [1.29, 1.82) is 0 Å². The molecule has 0 aliphatic carbocycles. The van der Waals surface area contributed by atoms with E-state index in [1.54, 1.807) is 18.0 Å². The van der Waals surface area contributed by atoms with Crippen LogP contribution in [0.4, 0.5) is 5.82 Å². The summed E-state index contributed by atoms with van der Waals surface area (Å²) in [6, 6.07) is 1.90.